The summed E-state index contributed by atoms with van der Waals surface area (Å²) in [6.45, 7) is -0.0474. The predicted molar refractivity (Wildman–Crippen MR) is 106 cm³/mol. The fraction of sp³-hybridized carbons (Fsp3) is 0.143. The van der Waals surface area contributed by atoms with Crippen LogP contribution in [0.15, 0.2) is 78.0 Å². The topological polar surface area (TPSA) is 94.6 Å². The summed E-state index contributed by atoms with van der Waals surface area (Å²) in [7, 11) is -3.84. The van der Waals surface area contributed by atoms with Crippen LogP contribution in [0.1, 0.15) is 21.2 Å². The molecule has 0 saturated heterocycles. The van der Waals surface area contributed by atoms with Crippen molar-refractivity contribution in [1.29, 1.82) is 0 Å². The molecule has 3 aromatic rings. The fourth-order valence-electron chi connectivity index (χ4n) is 3.07. The normalized spacial score (nSPS) is 13.7. The van der Waals surface area contributed by atoms with Gasteiger partial charge in [0.1, 0.15) is 5.25 Å². The molecule has 0 fully saturated rings. The van der Waals surface area contributed by atoms with Crippen molar-refractivity contribution in [3.05, 3.63) is 84.2 Å². The molecular weight excluding hydrogens is 392 g/mol. The van der Waals surface area contributed by atoms with E-state index >= 15 is 0 Å². The van der Waals surface area contributed by atoms with Gasteiger partial charge < -0.3 is 14.8 Å². The van der Waals surface area contributed by atoms with E-state index in [1.54, 1.807) is 54.7 Å². The molecule has 29 heavy (non-hydrogen) atoms. The first-order valence-corrected chi connectivity index (χ1v) is 10.5. The molecule has 0 saturated carbocycles. The van der Waals surface area contributed by atoms with E-state index in [0.717, 1.165) is 0 Å². The van der Waals surface area contributed by atoms with Crippen molar-refractivity contribution >= 4 is 15.7 Å². The summed E-state index contributed by atoms with van der Waals surface area (Å²) in [6, 6.07) is 16.5. The number of hydrogen-bond acceptors (Lipinski definition) is 6. The highest BCUT2D eigenvalue weighted by Crippen LogP contribution is 2.37. The van der Waals surface area contributed by atoms with Crippen LogP contribution in [0.2, 0.25) is 0 Å². The van der Waals surface area contributed by atoms with Crippen LogP contribution in [0.4, 0.5) is 0 Å². The van der Waals surface area contributed by atoms with Gasteiger partial charge >= 0.3 is 0 Å². The summed E-state index contributed by atoms with van der Waals surface area (Å²) in [5.74, 6) is 0.531. The zero-order valence-electron chi connectivity index (χ0n) is 15.3. The van der Waals surface area contributed by atoms with Gasteiger partial charge in [-0.3, -0.25) is 9.78 Å². The Hall–Kier alpha value is -3.39. The summed E-state index contributed by atoms with van der Waals surface area (Å²) in [5, 5.41) is 1.71. The predicted octanol–water partition coefficient (Wildman–Crippen LogP) is 2.76. The number of sulfone groups is 1. The van der Waals surface area contributed by atoms with Crippen molar-refractivity contribution in [1.82, 2.24) is 10.3 Å². The van der Waals surface area contributed by atoms with Gasteiger partial charge in [-0.05, 0) is 35.9 Å². The van der Waals surface area contributed by atoms with Gasteiger partial charge in [0.15, 0.2) is 21.3 Å². The maximum Gasteiger partial charge on any atom is 0.251 e. The van der Waals surface area contributed by atoms with E-state index in [-0.39, 0.29) is 24.1 Å². The van der Waals surface area contributed by atoms with E-state index in [2.05, 4.69) is 10.3 Å². The van der Waals surface area contributed by atoms with Crippen molar-refractivity contribution in [2.24, 2.45) is 0 Å². The smallest absolute Gasteiger partial charge is 0.251 e. The van der Waals surface area contributed by atoms with Gasteiger partial charge in [-0.15, -0.1) is 0 Å². The van der Waals surface area contributed by atoms with Gasteiger partial charge in [0.25, 0.3) is 5.91 Å². The molecule has 1 atom stereocenters. The third kappa shape index (κ3) is 3.93. The Morgan fingerprint density at radius 1 is 1.03 bits per heavy atom. The Kier molecular flexibility index (Phi) is 5.18. The van der Waals surface area contributed by atoms with Crippen molar-refractivity contribution in [2.45, 2.75) is 10.1 Å². The van der Waals surface area contributed by atoms with Crippen LogP contribution in [-0.4, -0.2) is 32.6 Å². The third-order valence-corrected chi connectivity index (χ3v) is 6.69. The number of amides is 1. The lowest BCUT2D eigenvalue weighted by Crippen LogP contribution is -2.32. The minimum Gasteiger partial charge on any atom is -0.454 e. The van der Waals surface area contributed by atoms with E-state index in [1.807, 2.05) is 0 Å². The highest BCUT2D eigenvalue weighted by atomic mass is 32.2. The van der Waals surface area contributed by atoms with Gasteiger partial charge in [0.2, 0.25) is 6.79 Å². The maximum atomic E-state index is 13.4. The second-order valence-corrected chi connectivity index (χ2v) is 8.54. The van der Waals surface area contributed by atoms with Crippen LogP contribution >= 0.6 is 0 Å². The molecule has 2 heterocycles. The van der Waals surface area contributed by atoms with E-state index < -0.39 is 15.1 Å². The van der Waals surface area contributed by atoms with E-state index in [9.17, 15) is 13.2 Å². The SMILES string of the molecule is O=C(NC[C@H](c1cccnc1)S(=O)(=O)c1ccc2c(c1)OCO2)c1ccccc1. The second-order valence-electron chi connectivity index (χ2n) is 6.41. The molecule has 1 aromatic heterocycles. The zero-order chi connectivity index (χ0) is 20.3. The largest absolute Gasteiger partial charge is 0.454 e. The number of carbonyl (C=O) groups excluding carboxylic acids is 1. The van der Waals surface area contributed by atoms with Crippen LogP contribution in [0.25, 0.3) is 0 Å². The monoisotopic (exact) mass is 410 g/mol. The minimum atomic E-state index is -3.84. The zero-order valence-corrected chi connectivity index (χ0v) is 16.1. The highest BCUT2D eigenvalue weighted by Gasteiger charge is 2.31. The molecule has 0 bridgehead atoms. The molecule has 1 amide bonds. The van der Waals surface area contributed by atoms with Crippen LogP contribution in [0.3, 0.4) is 0 Å². The Morgan fingerprint density at radius 2 is 1.83 bits per heavy atom. The van der Waals surface area contributed by atoms with Crippen LogP contribution in [0, 0.1) is 0 Å². The molecule has 7 nitrogen and oxygen atoms in total. The number of rotatable bonds is 6. The number of hydrogen-bond donors (Lipinski definition) is 1. The number of carbonyl (C=O) groups is 1. The van der Waals surface area contributed by atoms with Crippen molar-refractivity contribution in [3.8, 4) is 11.5 Å². The summed E-state index contributed by atoms with van der Waals surface area (Å²) < 4.78 is 37.4. The standard InChI is InChI=1S/C21H18N2O5S/c24-21(15-5-2-1-3-6-15)23-13-20(16-7-4-10-22-12-16)29(25,26)17-8-9-18-19(11-17)28-14-27-18/h1-12,20H,13-14H2,(H,23,24)/t20-/m1/s1. The molecule has 1 aliphatic rings. The van der Waals surface area contributed by atoms with Crippen molar-refractivity contribution in [3.63, 3.8) is 0 Å². The first kappa shape index (κ1) is 18.9. The van der Waals surface area contributed by atoms with Gasteiger partial charge in [-0.2, -0.15) is 0 Å². The summed E-state index contributed by atoms with van der Waals surface area (Å²) in [4.78, 5) is 16.6. The lowest BCUT2D eigenvalue weighted by atomic mass is 10.2. The van der Waals surface area contributed by atoms with Crippen LogP contribution in [-0.2, 0) is 9.84 Å². The van der Waals surface area contributed by atoms with Gasteiger partial charge in [-0.25, -0.2) is 8.42 Å². The summed E-state index contributed by atoms with van der Waals surface area (Å²) in [6.07, 6.45) is 3.06. The molecule has 4 rings (SSSR count). The summed E-state index contributed by atoms with van der Waals surface area (Å²) in [5.41, 5.74) is 0.941. The second kappa shape index (κ2) is 7.92. The number of pyridine rings is 1. The van der Waals surface area contributed by atoms with E-state index in [1.165, 1.54) is 18.3 Å². The third-order valence-electron chi connectivity index (χ3n) is 4.59. The number of ether oxygens (including phenoxy) is 2. The van der Waals surface area contributed by atoms with Crippen LogP contribution in [0.5, 0.6) is 11.5 Å². The fourth-order valence-corrected chi connectivity index (χ4v) is 4.73. The highest BCUT2D eigenvalue weighted by molar-refractivity contribution is 7.91. The molecule has 1 N–H and O–H groups in total. The molecular formula is C21H18N2O5S. The Bertz CT molecular complexity index is 1120. The van der Waals surface area contributed by atoms with Gasteiger partial charge in [0.05, 0.1) is 4.90 Å². The van der Waals surface area contributed by atoms with Gasteiger partial charge in [-0.1, -0.05) is 24.3 Å². The molecule has 0 spiro atoms. The van der Waals surface area contributed by atoms with Crippen LogP contribution < -0.4 is 14.8 Å². The molecule has 2 aromatic carbocycles. The Balaban J connectivity index is 1.64. The number of nitrogens with zero attached hydrogens (tertiary/aromatic N) is 1. The first-order chi connectivity index (χ1) is 14.1. The number of nitrogens with one attached hydrogen (secondary N) is 1. The molecule has 8 heteroatoms. The lowest BCUT2D eigenvalue weighted by molar-refractivity contribution is 0.0953. The average molecular weight is 410 g/mol. The molecule has 0 radical (unpaired) electrons. The number of fused-ring (bicyclic) bond motifs is 1. The number of aromatic nitrogens is 1. The molecule has 0 aliphatic carbocycles. The van der Waals surface area contributed by atoms with Crippen molar-refractivity contribution in [2.75, 3.05) is 13.3 Å². The first-order valence-electron chi connectivity index (χ1n) is 8.92. The van der Waals surface area contributed by atoms with E-state index in [0.29, 0.717) is 22.6 Å². The molecule has 148 valence electrons. The van der Waals surface area contributed by atoms with E-state index in [4.69, 9.17) is 9.47 Å². The quantitative estimate of drug-likeness (QED) is 0.672. The molecule has 0 unspecified atom stereocenters. The Labute approximate surface area is 168 Å². The Morgan fingerprint density at radius 3 is 2.59 bits per heavy atom. The van der Waals surface area contributed by atoms with Crippen molar-refractivity contribution < 1.29 is 22.7 Å². The minimum absolute atomic E-state index is 0.0536. The molecule has 1 aliphatic heterocycles. The summed E-state index contributed by atoms with van der Waals surface area (Å²) >= 11 is 0. The lowest BCUT2D eigenvalue weighted by Gasteiger charge is -2.19. The number of benzene rings is 2. The average Bonchev–Trinajstić information content (AvgIpc) is 3.23. The van der Waals surface area contributed by atoms with Gasteiger partial charge in [0, 0.05) is 30.6 Å². The maximum absolute atomic E-state index is 13.4.